The molecule has 3 nitrogen and oxygen atoms in total. The summed E-state index contributed by atoms with van der Waals surface area (Å²) in [6, 6.07) is 0. The molecule has 0 bridgehead atoms. The van der Waals surface area contributed by atoms with Crippen molar-refractivity contribution in [2.45, 2.75) is 51.6 Å². The molecule has 0 saturated carbocycles. The van der Waals surface area contributed by atoms with Crippen molar-refractivity contribution < 1.29 is 18.0 Å². The number of amides is 1. The molecule has 0 aliphatic carbocycles. The number of nitrogens with one attached hydrogen (secondary N) is 1. The largest absolute Gasteiger partial charge is 0.390 e. The second-order valence-electron chi connectivity index (χ2n) is 4.49. The maximum atomic E-state index is 11.9. The Kier molecular flexibility index (Phi) is 8.79. The third-order valence-corrected chi connectivity index (χ3v) is 2.78. The van der Waals surface area contributed by atoms with Crippen molar-refractivity contribution in [1.29, 1.82) is 0 Å². The fraction of sp³-hybridized carbons (Fsp3) is 0.917. The van der Waals surface area contributed by atoms with Gasteiger partial charge in [-0.3, -0.25) is 4.79 Å². The van der Waals surface area contributed by atoms with Gasteiger partial charge in [0.1, 0.15) is 0 Å². The third kappa shape index (κ3) is 10.4. The summed E-state index contributed by atoms with van der Waals surface area (Å²) in [6.07, 6.45) is -1.31. The van der Waals surface area contributed by atoms with Crippen LogP contribution in [0.4, 0.5) is 13.2 Å². The molecule has 18 heavy (non-hydrogen) atoms. The lowest BCUT2D eigenvalue weighted by Gasteiger charge is -2.14. The van der Waals surface area contributed by atoms with E-state index < -0.39 is 12.6 Å². The second-order valence-corrected chi connectivity index (χ2v) is 4.49. The minimum atomic E-state index is -4.21. The third-order valence-electron chi connectivity index (χ3n) is 2.78. The monoisotopic (exact) mass is 268 g/mol. The van der Waals surface area contributed by atoms with Crippen LogP contribution >= 0.6 is 0 Å². The summed E-state index contributed by atoms with van der Waals surface area (Å²) >= 11 is 0. The van der Waals surface area contributed by atoms with Crippen LogP contribution in [-0.2, 0) is 4.79 Å². The number of rotatable bonds is 9. The maximum Gasteiger partial charge on any atom is 0.390 e. The van der Waals surface area contributed by atoms with Gasteiger partial charge in [0.25, 0.3) is 0 Å². The number of alkyl halides is 3. The Morgan fingerprint density at radius 3 is 2.44 bits per heavy atom. The molecular weight excluding hydrogens is 245 g/mol. The highest BCUT2D eigenvalue weighted by atomic mass is 19.4. The van der Waals surface area contributed by atoms with Gasteiger partial charge < -0.3 is 11.1 Å². The zero-order valence-corrected chi connectivity index (χ0v) is 10.9. The van der Waals surface area contributed by atoms with Crippen LogP contribution in [0.5, 0.6) is 0 Å². The standard InChI is InChI=1S/C12H23F3N2O/c1-2-3-10(6-8-16)4-5-11(18)17-9-7-12(13,14)15/h10H,2-9,16H2,1H3,(H,17,18). The molecule has 0 aromatic heterocycles. The molecule has 0 heterocycles. The fourth-order valence-corrected chi connectivity index (χ4v) is 1.84. The predicted molar refractivity (Wildman–Crippen MR) is 65.0 cm³/mol. The Balaban J connectivity index is 3.73. The number of hydrogen-bond donors (Lipinski definition) is 2. The van der Waals surface area contributed by atoms with Gasteiger partial charge in [0.15, 0.2) is 0 Å². The number of hydrogen-bond acceptors (Lipinski definition) is 2. The number of carbonyl (C=O) groups is 1. The summed E-state index contributed by atoms with van der Waals surface area (Å²) in [6.45, 7) is 2.31. The summed E-state index contributed by atoms with van der Waals surface area (Å²) in [5.41, 5.74) is 5.47. The van der Waals surface area contributed by atoms with E-state index in [1.165, 1.54) is 0 Å². The molecule has 1 amide bonds. The average molecular weight is 268 g/mol. The molecule has 0 aliphatic rings. The lowest BCUT2D eigenvalue weighted by molar-refractivity contribution is -0.135. The molecule has 0 spiro atoms. The Bertz CT molecular complexity index is 226. The van der Waals surface area contributed by atoms with Gasteiger partial charge in [0.05, 0.1) is 6.42 Å². The molecule has 0 rings (SSSR count). The van der Waals surface area contributed by atoms with Crippen LogP contribution in [0, 0.1) is 5.92 Å². The summed E-state index contributed by atoms with van der Waals surface area (Å²) < 4.78 is 35.6. The van der Waals surface area contributed by atoms with Gasteiger partial charge in [-0.25, -0.2) is 0 Å². The number of carbonyl (C=O) groups excluding carboxylic acids is 1. The van der Waals surface area contributed by atoms with Gasteiger partial charge in [-0.2, -0.15) is 13.2 Å². The van der Waals surface area contributed by atoms with Gasteiger partial charge in [-0.1, -0.05) is 19.8 Å². The summed E-state index contributed by atoms with van der Waals surface area (Å²) in [7, 11) is 0. The highest BCUT2D eigenvalue weighted by Gasteiger charge is 2.26. The van der Waals surface area contributed by atoms with Crippen LogP contribution in [0.25, 0.3) is 0 Å². The maximum absolute atomic E-state index is 11.9. The molecular formula is C12H23F3N2O. The van der Waals surface area contributed by atoms with Gasteiger partial charge in [-0.05, 0) is 25.3 Å². The van der Waals surface area contributed by atoms with Crippen LogP contribution in [0.3, 0.4) is 0 Å². The molecule has 1 atom stereocenters. The molecule has 1 unspecified atom stereocenters. The van der Waals surface area contributed by atoms with Crippen molar-refractivity contribution in [2.24, 2.45) is 11.7 Å². The second kappa shape index (κ2) is 9.19. The van der Waals surface area contributed by atoms with Crippen LogP contribution in [0.15, 0.2) is 0 Å². The van der Waals surface area contributed by atoms with Crippen LogP contribution < -0.4 is 11.1 Å². The topological polar surface area (TPSA) is 55.1 Å². The van der Waals surface area contributed by atoms with Gasteiger partial charge in [0.2, 0.25) is 5.91 Å². The van der Waals surface area contributed by atoms with Crippen molar-refractivity contribution in [1.82, 2.24) is 5.32 Å². The van der Waals surface area contributed by atoms with Gasteiger partial charge in [0, 0.05) is 13.0 Å². The molecule has 0 aromatic carbocycles. The fourth-order valence-electron chi connectivity index (χ4n) is 1.84. The normalized spacial score (nSPS) is 13.4. The van der Waals surface area contributed by atoms with Crippen LogP contribution in [0.2, 0.25) is 0 Å². The van der Waals surface area contributed by atoms with Crippen LogP contribution in [-0.4, -0.2) is 25.2 Å². The minimum Gasteiger partial charge on any atom is -0.356 e. The van der Waals surface area contributed by atoms with E-state index in [-0.39, 0.29) is 18.9 Å². The molecule has 0 aliphatic heterocycles. The first kappa shape index (κ1) is 17.2. The zero-order chi connectivity index (χ0) is 14.0. The van der Waals surface area contributed by atoms with E-state index in [0.717, 1.165) is 19.3 Å². The first-order chi connectivity index (χ1) is 8.39. The number of halogens is 3. The molecule has 6 heteroatoms. The molecule has 0 saturated heterocycles. The highest BCUT2D eigenvalue weighted by molar-refractivity contribution is 5.75. The molecule has 0 fully saturated rings. The van der Waals surface area contributed by atoms with Crippen molar-refractivity contribution in [3.05, 3.63) is 0 Å². The Labute approximate surface area is 106 Å². The summed E-state index contributed by atoms with van der Waals surface area (Å²) in [5.74, 6) is 0.0886. The van der Waals surface area contributed by atoms with Gasteiger partial charge >= 0.3 is 6.18 Å². The average Bonchev–Trinajstić information content (AvgIpc) is 2.25. The van der Waals surface area contributed by atoms with Crippen molar-refractivity contribution in [3.8, 4) is 0 Å². The SMILES string of the molecule is CCCC(CCN)CCC(=O)NCCC(F)(F)F. The van der Waals surface area contributed by atoms with E-state index in [2.05, 4.69) is 12.2 Å². The van der Waals surface area contributed by atoms with Crippen LogP contribution in [0.1, 0.15) is 45.4 Å². The zero-order valence-electron chi connectivity index (χ0n) is 10.9. The lowest BCUT2D eigenvalue weighted by Crippen LogP contribution is -2.28. The Morgan fingerprint density at radius 1 is 1.28 bits per heavy atom. The highest BCUT2D eigenvalue weighted by Crippen LogP contribution is 2.19. The minimum absolute atomic E-state index is 0.280. The Hall–Kier alpha value is -0.780. The Morgan fingerprint density at radius 2 is 1.94 bits per heavy atom. The molecule has 0 aromatic rings. The van der Waals surface area contributed by atoms with Crippen molar-refractivity contribution >= 4 is 5.91 Å². The van der Waals surface area contributed by atoms with Crippen molar-refractivity contribution in [2.75, 3.05) is 13.1 Å². The summed E-state index contributed by atoms with van der Waals surface area (Å²) in [5, 5.41) is 2.29. The lowest BCUT2D eigenvalue weighted by atomic mass is 9.94. The van der Waals surface area contributed by atoms with E-state index in [0.29, 0.717) is 18.9 Å². The first-order valence-corrected chi connectivity index (χ1v) is 6.42. The van der Waals surface area contributed by atoms with E-state index in [1.54, 1.807) is 0 Å². The molecule has 108 valence electrons. The van der Waals surface area contributed by atoms with E-state index >= 15 is 0 Å². The quantitative estimate of drug-likeness (QED) is 0.675. The van der Waals surface area contributed by atoms with E-state index in [4.69, 9.17) is 5.73 Å². The predicted octanol–water partition coefficient (Wildman–Crippen LogP) is 2.60. The number of nitrogens with two attached hydrogens (primary N) is 1. The molecule has 3 N–H and O–H groups in total. The molecule has 0 radical (unpaired) electrons. The van der Waals surface area contributed by atoms with E-state index in [9.17, 15) is 18.0 Å². The first-order valence-electron chi connectivity index (χ1n) is 6.42. The van der Waals surface area contributed by atoms with Crippen molar-refractivity contribution in [3.63, 3.8) is 0 Å². The van der Waals surface area contributed by atoms with E-state index in [1.807, 2.05) is 0 Å². The van der Waals surface area contributed by atoms with Gasteiger partial charge in [-0.15, -0.1) is 0 Å². The summed E-state index contributed by atoms with van der Waals surface area (Å²) in [4.78, 5) is 11.3. The smallest absolute Gasteiger partial charge is 0.356 e.